The van der Waals surface area contributed by atoms with Crippen LogP contribution in [0.25, 0.3) is 0 Å². The van der Waals surface area contributed by atoms with Crippen LogP contribution in [-0.4, -0.2) is 23.5 Å². The summed E-state index contributed by atoms with van der Waals surface area (Å²) in [6, 6.07) is 0.0130. The van der Waals surface area contributed by atoms with Gasteiger partial charge in [-0.05, 0) is 26.3 Å². The standard InChI is InChI=1S/C10H15N3OS.2ClH/c1-7-12-5-8(15-7)6-13-10(14)9-3-2-4-11-9;;/h5,9,11H,2-4,6H2,1H3,(H,13,14);2*1H. The maximum atomic E-state index is 11.6. The van der Waals surface area contributed by atoms with Gasteiger partial charge in [-0.2, -0.15) is 0 Å². The van der Waals surface area contributed by atoms with Gasteiger partial charge in [0.05, 0.1) is 17.6 Å². The number of carbonyl (C=O) groups excluding carboxylic acids is 1. The van der Waals surface area contributed by atoms with E-state index < -0.39 is 0 Å². The van der Waals surface area contributed by atoms with Gasteiger partial charge >= 0.3 is 0 Å². The summed E-state index contributed by atoms with van der Waals surface area (Å²) in [6.45, 7) is 3.52. The first-order chi connectivity index (χ1) is 7.25. The van der Waals surface area contributed by atoms with Gasteiger partial charge in [0.2, 0.25) is 5.91 Å². The number of carbonyl (C=O) groups is 1. The van der Waals surface area contributed by atoms with E-state index in [0.29, 0.717) is 6.54 Å². The predicted octanol–water partition coefficient (Wildman–Crippen LogP) is 1.66. The molecular formula is C10H17Cl2N3OS. The van der Waals surface area contributed by atoms with E-state index in [-0.39, 0.29) is 36.8 Å². The van der Waals surface area contributed by atoms with Crippen LogP contribution in [0.15, 0.2) is 6.20 Å². The molecule has 0 bridgehead atoms. The molecule has 1 unspecified atom stereocenters. The van der Waals surface area contributed by atoms with Crippen LogP contribution in [0.1, 0.15) is 22.7 Å². The van der Waals surface area contributed by atoms with Crippen molar-refractivity contribution in [1.82, 2.24) is 15.6 Å². The Morgan fingerprint density at radius 3 is 2.94 bits per heavy atom. The van der Waals surface area contributed by atoms with E-state index in [2.05, 4.69) is 15.6 Å². The molecule has 0 radical (unpaired) electrons. The van der Waals surface area contributed by atoms with Crippen LogP contribution in [0.4, 0.5) is 0 Å². The Morgan fingerprint density at radius 2 is 2.41 bits per heavy atom. The Labute approximate surface area is 117 Å². The molecule has 2 rings (SSSR count). The van der Waals surface area contributed by atoms with E-state index in [0.717, 1.165) is 29.3 Å². The van der Waals surface area contributed by atoms with Crippen LogP contribution >= 0.6 is 36.2 Å². The molecule has 1 saturated heterocycles. The van der Waals surface area contributed by atoms with E-state index >= 15 is 0 Å². The quantitative estimate of drug-likeness (QED) is 0.892. The van der Waals surface area contributed by atoms with Gasteiger partial charge in [0.15, 0.2) is 0 Å². The molecule has 1 amide bonds. The number of amides is 1. The molecule has 1 fully saturated rings. The van der Waals surface area contributed by atoms with Gasteiger partial charge in [-0.1, -0.05) is 0 Å². The largest absolute Gasteiger partial charge is 0.350 e. The van der Waals surface area contributed by atoms with E-state index in [1.165, 1.54) is 0 Å². The molecule has 1 atom stereocenters. The number of aromatic nitrogens is 1. The molecule has 2 heterocycles. The lowest BCUT2D eigenvalue weighted by Crippen LogP contribution is -2.39. The second kappa shape index (κ2) is 7.87. The van der Waals surface area contributed by atoms with Crippen molar-refractivity contribution in [3.8, 4) is 0 Å². The number of nitrogens with one attached hydrogen (secondary N) is 2. The van der Waals surface area contributed by atoms with Crippen molar-refractivity contribution < 1.29 is 4.79 Å². The number of hydrogen-bond acceptors (Lipinski definition) is 4. The summed E-state index contributed by atoms with van der Waals surface area (Å²) in [5.41, 5.74) is 0. The van der Waals surface area contributed by atoms with Crippen molar-refractivity contribution >= 4 is 42.1 Å². The van der Waals surface area contributed by atoms with Crippen molar-refractivity contribution in [2.45, 2.75) is 32.4 Å². The van der Waals surface area contributed by atoms with Crippen LogP contribution < -0.4 is 10.6 Å². The Hall–Kier alpha value is -0.360. The summed E-state index contributed by atoms with van der Waals surface area (Å²) in [7, 11) is 0. The molecule has 98 valence electrons. The van der Waals surface area contributed by atoms with E-state index in [4.69, 9.17) is 0 Å². The SMILES string of the molecule is Cc1ncc(CNC(=O)C2CCCN2)s1.Cl.Cl. The van der Waals surface area contributed by atoms with Gasteiger partial charge in [-0.25, -0.2) is 4.98 Å². The maximum absolute atomic E-state index is 11.6. The zero-order chi connectivity index (χ0) is 10.7. The maximum Gasteiger partial charge on any atom is 0.237 e. The van der Waals surface area contributed by atoms with E-state index in [1.54, 1.807) is 11.3 Å². The fraction of sp³-hybridized carbons (Fsp3) is 0.600. The summed E-state index contributed by atoms with van der Waals surface area (Å²) in [5, 5.41) is 7.14. The van der Waals surface area contributed by atoms with Gasteiger partial charge in [-0.3, -0.25) is 4.79 Å². The molecule has 7 heteroatoms. The zero-order valence-corrected chi connectivity index (χ0v) is 12.0. The molecule has 0 aliphatic carbocycles. The average molecular weight is 298 g/mol. The zero-order valence-electron chi connectivity index (χ0n) is 9.56. The fourth-order valence-corrected chi connectivity index (χ4v) is 2.43. The lowest BCUT2D eigenvalue weighted by atomic mass is 10.2. The van der Waals surface area contributed by atoms with Gasteiger partial charge in [0.1, 0.15) is 0 Å². The molecule has 4 nitrogen and oxygen atoms in total. The molecule has 2 N–H and O–H groups in total. The van der Waals surface area contributed by atoms with Crippen LogP contribution in [0.2, 0.25) is 0 Å². The summed E-state index contributed by atoms with van der Waals surface area (Å²) < 4.78 is 0. The Bertz CT molecular complexity index is 353. The lowest BCUT2D eigenvalue weighted by Gasteiger charge is -2.09. The van der Waals surface area contributed by atoms with Gasteiger partial charge in [-0.15, -0.1) is 36.2 Å². The molecule has 1 aliphatic rings. The molecule has 1 aliphatic heterocycles. The van der Waals surface area contributed by atoms with Crippen molar-refractivity contribution in [3.05, 3.63) is 16.1 Å². The second-order valence-electron chi connectivity index (χ2n) is 3.71. The van der Waals surface area contributed by atoms with Crippen molar-refractivity contribution in [1.29, 1.82) is 0 Å². The Balaban J connectivity index is 0.00000128. The van der Waals surface area contributed by atoms with Crippen LogP contribution in [0.3, 0.4) is 0 Å². The Kier molecular flexibility index (Phi) is 7.70. The summed E-state index contributed by atoms with van der Waals surface area (Å²) in [5.74, 6) is 0.110. The average Bonchev–Trinajstić information content (AvgIpc) is 2.84. The second-order valence-corrected chi connectivity index (χ2v) is 5.03. The minimum atomic E-state index is 0. The molecule has 0 aromatic carbocycles. The topological polar surface area (TPSA) is 54.0 Å². The van der Waals surface area contributed by atoms with Gasteiger partial charge < -0.3 is 10.6 Å². The Morgan fingerprint density at radius 1 is 1.65 bits per heavy atom. The molecule has 1 aromatic rings. The van der Waals surface area contributed by atoms with Crippen molar-refractivity contribution in [2.75, 3.05) is 6.54 Å². The monoisotopic (exact) mass is 297 g/mol. The van der Waals surface area contributed by atoms with Gasteiger partial charge in [0.25, 0.3) is 0 Å². The highest BCUT2D eigenvalue weighted by Gasteiger charge is 2.21. The minimum Gasteiger partial charge on any atom is -0.350 e. The molecule has 0 spiro atoms. The third kappa shape index (κ3) is 4.79. The molecule has 1 aromatic heterocycles. The number of aryl methyl sites for hydroxylation is 1. The normalized spacial score (nSPS) is 18.1. The van der Waals surface area contributed by atoms with Crippen molar-refractivity contribution in [2.24, 2.45) is 0 Å². The highest BCUT2D eigenvalue weighted by molar-refractivity contribution is 7.11. The number of rotatable bonds is 3. The third-order valence-electron chi connectivity index (χ3n) is 2.48. The molecular weight excluding hydrogens is 281 g/mol. The predicted molar refractivity (Wildman–Crippen MR) is 74.2 cm³/mol. The first-order valence-electron chi connectivity index (χ1n) is 5.18. The fourth-order valence-electron chi connectivity index (χ4n) is 1.69. The minimum absolute atomic E-state index is 0. The van der Waals surface area contributed by atoms with Crippen molar-refractivity contribution in [3.63, 3.8) is 0 Å². The van der Waals surface area contributed by atoms with Crippen LogP contribution in [-0.2, 0) is 11.3 Å². The summed E-state index contributed by atoms with van der Waals surface area (Å²) in [4.78, 5) is 16.9. The number of thiazole rings is 1. The van der Waals surface area contributed by atoms with Crippen LogP contribution in [0.5, 0.6) is 0 Å². The highest BCUT2D eigenvalue weighted by atomic mass is 35.5. The smallest absolute Gasteiger partial charge is 0.237 e. The van der Waals surface area contributed by atoms with E-state index in [1.807, 2.05) is 13.1 Å². The number of nitrogens with zero attached hydrogens (tertiary/aromatic N) is 1. The lowest BCUT2D eigenvalue weighted by molar-refractivity contribution is -0.122. The van der Waals surface area contributed by atoms with Crippen LogP contribution in [0, 0.1) is 6.92 Å². The van der Waals surface area contributed by atoms with E-state index in [9.17, 15) is 4.79 Å². The highest BCUT2D eigenvalue weighted by Crippen LogP contribution is 2.11. The first kappa shape index (κ1) is 16.6. The summed E-state index contributed by atoms with van der Waals surface area (Å²) >= 11 is 1.63. The van der Waals surface area contributed by atoms with Gasteiger partial charge in [0, 0.05) is 11.1 Å². The molecule has 17 heavy (non-hydrogen) atoms. The summed E-state index contributed by atoms with van der Waals surface area (Å²) in [6.07, 6.45) is 3.87. The third-order valence-corrected chi connectivity index (χ3v) is 3.40. The number of hydrogen-bond donors (Lipinski definition) is 2. The number of halogens is 2. The molecule has 0 saturated carbocycles. The first-order valence-corrected chi connectivity index (χ1v) is 6.00.